The summed E-state index contributed by atoms with van der Waals surface area (Å²) in [6.07, 6.45) is 3.51. The van der Waals surface area contributed by atoms with Gasteiger partial charge in [0, 0.05) is 22.7 Å². The van der Waals surface area contributed by atoms with Crippen LogP contribution in [0.3, 0.4) is 0 Å². The zero-order valence-electron chi connectivity index (χ0n) is 12.8. The van der Waals surface area contributed by atoms with Gasteiger partial charge in [0.05, 0.1) is 6.20 Å². The minimum Gasteiger partial charge on any atom is -0.365 e. The van der Waals surface area contributed by atoms with E-state index in [1.54, 1.807) is 16.8 Å². The van der Waals surface area contributed by atoms with E-state index in [0.29, 0.717) is 28.4 Å². The fourth-order valence-electron chi connectivity index (χ4n) is 3.39. The number of Topliss-reactive ketones (excluding diaryl/α,β-unsaturated/α-hetero) is 1. The van der Waals surface area contributed by atoms with Crippen molar-refractivity contribution in [1.82, 2.24) is 9.78 Å². The number of halogens is 1. The number of nitrogens with two attached hydrogens (primary N) is 1. The molecule has 0 unspecified atom stereocenters. The number of hydrogen-bond donors (Lipinski definition) is 2. The van der Waals surface area contributed by atoms with Crippen molar-refractivity contribution in [3.63, 3.8) is 0 Å². The molecule has 7 heteroatoms. The van der Waals surface area contributed by atoms with E-state index in [9.17, 15) is 9.59 Å². The molecule has 2 aromatic rings. The Hall–Kier alpha value is -2.60. The van der Waals surface area contributed by atoms with Crippen LogP contribution in [0.4, 0.5) is 5.82 Å². The number of primary amides is 1. The average molecular weight is 343 g/mol. The molecule has 122 valence electrons. The van der Waals surface area contributed by atoms with E-state index >= 15 is 0 Å². The first kappa shape index (κ1) is 15.0. The summed E-state index contributed by atoms with van der Waals surface area (Å²) in [6, 6.07) is 6.94. The highest BCUT2D eigenvalue weighted by molar-refractivity contribution is 6.30. The summed E-state index contributed by atoms with van der Waals surface area (Å²) in [5.74, 6) is 0.0890. The predicted molar refractivity (Wildman–Crippen MR) is 89.8 cm³/mol. The second kappa shape index (κ2) is 5.49. The van der Waals surface area contributed by atoms with Gasteiger partial charge < -0.3 is 11.1 Å². The second-order valence-corrected chi connectivity index (χ2v) is 6.40. The van der Waals surface area contributed by atoms with E-state index in [-0.39, 0.29) is 11.8 Å². The molecular formula is C17H15ClN4O2. The first-order valence-corrected chi connectivity index (χ1v) is 8.10. The molecule has 0 saturated heterocycles. The van der Waals surface area contributed by atoms with Crippen LogP contribution in [0, 0.1) is 0 Å². The molecule has 2 heterocycles. The van der Waals surface area contributed by atoms with Gasteiger partial charge in [-0.1, -0.05) is 23.7 Å². The van der Waals surface area contributed by atoms with Gasteiger partial charge >= 0.3 is 0 Å². The van der Waals surface area contributed by atoms with Crippen molar-refractivity contribution in [2.75, 3.05) is 5.32 Å². The molecular weight excluding hydrogens is 328 g/mol. The number of hydrogen-bond acceptors (Lipinski definition) is 4. The maximum Gasteiger partial charge on any atom is 0.254 e. The molecule has 1 amide bonds. The predicted octanol–water partition coefficient (Wildman–Crippen LogP) is 2.66. The van der Waals surface area contributed by atoms with Crippen molar-refractivity contribution < 1.29 is 9.59 Å². The van der Waals surface area contributed by atoms with Gasteiger partial charge in [-0.25, -0.2) is 4.68 Å². The zero-order valence-corrected chi connectivity index (χ0v) is 13.5. The first-order chi connectivity index (χ1) is 11.6. The van der Waals surface area contributed by atoms with Crippen molar-refractivity contribution in [3.05, 3.63) is 57.9 Å². The Morgan fingerprint density at radius 1 is 1.29 bits per heavy atom. The Kier molecular flexibility index (Phi) is 3.42. The minimum absolute atomic E-state index is 0.102. The fourth-order valence-corrected chi connectivity index (χ4v) is 3.52. The topological polar surface area (TPSA) is 90.0 Å². The Morgan fingerprint density at radius 2 is 2.04 bits per heavy atom. The fraction of sp³-hybridized carbons (Fsp3) is 0.235. The van der Waals surface area contributed by atoms with E-state index in [1.165, 1.54) is 6.20 Å². The third-order valence-electron chi connectivity index (χ3n) is 4.49. The maximum absolute atomic E-state index is 12.6. The van der Waals surface area contributed by atoms with Crippen LogP contribution >= 0.6 is 11.6 Å². The monoisotopic (exact) mass is 342 g/mol. The van der Waals surface area contributed by atoms with Crippen LogP contribution in [0.25, 0.3) is 0 Å². The van der Waals surface area contributed by atoms with Crippen LogP contribution < -0.4 is 11.1 Å². The van der Waals surface area contributed by atoms with Crippen LogP contribution in [0.2, 0.25) is 5.02 Å². The van der Waals surface area contributed by atoms with Crippen LogP contribution in [0.5, 0.6) is 0 Å². The molecule has 0 bridgehead atoms. The molecule has 2 aliphatic rings. The highest BCUT2D eigenvalue weighted by Gasteiger charge is 2.37. The smallest absolute Gasteiger partial charge is 0.254 e. The number of carbonyl (C=O) groups is 2. The lowest BCUT2D eigenvalue weighted by Crippen LogP contribution is -2.32. The van der Waals surface area contributed by atoms with Gasteiger partial charge in [0.1, 0.15) is 17.4 Å². The van der Waals surface area contributed by atoms with Gasteiger partial charge in [0.2, 0.25) is 0 Å². The van der Waals surface area contributed by atoms with E-state index in [2.05, 4.69) is 10.4 Å². The molecule has 4 rings (SSSR count). The van der Waals surface area contributed by atoms with Gasteiger partial charge in [0.15, 0.2) is 5.78 Å². The summed E-state index contributed by atoms with van der Waals surface area (Å²) in [7, 11) is 0. The van der Waals surface area contributed by atoms with Crippen LogP contribution in [-0.2, 0) is 4.79 Å². The SMILES string of the molecule is NC(=O)c1cnn2c1NC1=C(C(=O)CCC1)[C@H]2c1ccc(Cl)cc1. The highest BCUT2D eigenvalue weighted by Crippen LogP contribution is 2.41. The van der Waals surface area contributed by atoms with Gasteiger partial charge in [-0.15, -0.1) is 0 Å². The van der Waals surface area contributed by atoms with Crippen molar-refractivity contribution >= 4 is 29.1 Å². The highest BCUT2D eigenvalue weighted by atomic mass is 35.5. The molecule has 0 radical (unpaired) electrons. The maximum atomic E-state index is 12.6. The quantitative estimate of drug-likeness (QED) is 0.877. The van der Waals surface area contributed by atoms with Gasteiger partial charge in [0.25, 0.3) is 5.91 Å². The lowest BCUT2D eigenvalue weighted by atomic mass is 9.85. The van der Waals surface area contributed by atoms with Crippen LogP contribution in [0.1, 0.15) is 41.2 Å². The van der Waals surface area contributed by atoms with E-state index in [0.717, 1.165) is 24.1 Å². The largest absolute Gasteiger partial charge is 0.365 e. The Morgan fingerprint density at radius 3 is 2.75 bits per heavy atom. The van der Waals surface area contributed by atoms with Crippen LogP contribution in [-0.4, -0.2) is 21.5 Å². The number of aromatic nitrogens is 2. The van der Waals surface area contributed by atoms with E-state index in [1.807, 2.05) is 12.1 Å². The number of amides is 1. The summed E-state index contributed by atoms with van der Waals surface area (Å²) in [4.78, 5) is 24.2. The number of carbonyl (C=O) groups excluding carboxylic acids is 2. The van der Waals surface area contributed by atoms with E-state index < -0.39 is 5.91 Å². The number of rotatable bonds is 2. The second-order valence-electron chi connectivity index (χ2n) is 5.96. The molecule has 1 aliphatic heterocycles. The molecule has 1 aromatic carbocycles. The molecule has 1 atom stereocenters. The van der Waals surface area contributed by atoms with E-state index in [4.69, 9.17) is 17.3 Å². The molecule has 1 aromatic heterocycles. The molecule has 3 N–H and O–H groups in total. The van der Waals surface area contributed by atoms with Gasteiger partial charge in [-0.3, -0.25) is 9.59 Å². The summed E-state index contributed by atoms with van der Waals surface area (Å²) < 4.78 is 1.66. The number of nitrogens with one attached hydrogen (secondary N) is 1. The zero-order chi connectivity index (χ0) is 16.8. The standard InChI is InChI=1S/C17H15ClN4O2/c18-10-6-4-9(5-7-10)15-14-12(2-1-3-13(14)23)21-17-11(16(19)24)8-20-22(15)17/h4-8,15,21H,1-3H2,(H2,19,24)/t15-/m1/s1. The third-order valence-corrected chi connectivity index (χ3v) is 4.74. The molecule has 6 nitrogen and oxygen atoms in total. The summed E-state index contributed by atoms with van der Waals surface area (Å²) in [6.45, 7) is 0. The summed E-state index contributed by atoms with van der Waals surface area (Å²) in [5, 5.41) is 8.14. The van der Waals surface area contributed by atoms with Gasteiger partial charge in [-0.2, -0.15) is 5.10 Å². The third kappa shape index (κ3) is 2.22. The number of nitrogens with zero attached hydrogens (tertiary/aromatic N) is 2. The first-order valence-electron chi connectivity index (χ1n) is 7.72. The lowest BCUT2D eigenvalue weighted by molar-refractivity contribution is -0.116. The number of fused-ring (bicyclic) bond motifs is 1. The number of anilines is 1. The van der Waals surface area contributed by atoms with Crippen molar-refractivity contribution in [2.24, 2.45) is 5.73 Å². The Labute approximate surface area is 143 Å². The molecule has 1 aliphatic carbocycles. The van der Waals surface area contributed by atoms with Crippen molar-refractivity contribution in [3.8, 4) is 0 Å². The van der Waals surface area contributed by atoms with Crippen LogP contribution in [0.15, 0.2) is 41.7 Å². The summed E-state index contributed by atoms with van der Waals surface area (Å²) in [5.41, 5.74) is 8.21. The molecule has 0 spiro atoms. The van der Waals surface area contributed by atoms with Gasteiger partial charge in [-0.05, 0) is 30.5 Å². The normalized spacial score (nSPS) is 19.5. The van der Waals surface area contributed by atoms with Crippen molar-refractivity contribution in [2.45, 2.75) is 25.3 Å². The lowest BCUT2D eigenvalue weighted by Gasteiger charge is -2.33. The Balaban J connectivity index is 1.93. The minimum atomic E-state index is -0.551. The molecule has 24 heavy (non-hydrogen) atoms. The number of allylic oxidation sites excluding steroid dienone is 2. The molecule has 0 saturated carbocycles. The Bertz CT molecular complexity index is 882. The number of benzene rings is 1. The number of ketones is 1. The van der Waals surface area contributed by atoms with Crippen molar-refractivity contribution in [1.29, 1.82) is 0 Å². The summed E-state index contributed by atoms with van der Waals surface area (Å²) >= 11 is 5.99. The molecule has 0 fully saturated rings. The average Bonchev–Trinajstić information content (AvgIpc) is 2.98.